The van der Waals surface area contributed by atoms with Gasteiger partial charge in [0, 0.05) is 11.0 Å². The van der Waals surface area contributed by atoms with Crippen molar-refractivity contribution in [1.82, 2.24) is 0 Å². The highest BCUT2D eigenvalue weighted by Gasteiger charge is 2.14. The Bertz CT molecular complexity index is 456. The van der Waals surface area contributed by atoms with Crippen LogP contribution in [0.4, 0.5) is 0 Å². The van der Waals surface area contributed by atoms with Gasteiger partial charge in [0.2, 0.25) is 5.75 Å². The average Bonchev–Trinajstić information content (AvgIpc) is 2.35. The Morgan fingerprint density at radius 3 is 2.00 bits per heavy atom. The number of hydrogen-bond acceptors (Lipinski definition) is 5. The number of carboxylic acids is 1. The Morgan fingerprint density at radius 2 is 1.67 bits per heavy atom. The van der Waals surface area contributed by atoms with E-state index >= 15 is 0 Å². The van der Waals surface area contributed by atoms with E-state index in [1.807, 2.05) is 0 Å². The third-order valence-electron chi connectivity index (χ3n) is 2.22. The topological polar surface area (TPSA) is 65.0 Å². The van der Waals surface area contributed by atoms with Crippen molar-refractivity contribution in [2.45, 2.75) is 0 Å². The van der Waals surface area contributed by atoms with Gasteiger partial charge >= 0.3 is 5.97 Å². The van der Waals surface area contributed by atoms with Gasteiger partial charge in [0.25, 0.3) is 0 Å². The summed E-state index contributed by atoms with van der Waals surface area (Å²) in [7, 11) is 4.47. The van der Waals surface area contributed by atoms with Crippen LogP contribution < -0.4 is 14.2 Å². The molecule has 1 aromatic rings. The summed E-state index contributed by atoms with van der Waals surface area (Å²) in [6, 6.07) is 3.26. The second-order valence-electron chi connectivity index (χ2n) is 3.28. The van der Waals surface area contributed by atoms with Gasteiger partial charge in [0.15, 0.2) is 11.5 Å². The number of methoxy groups -OCH3 is 3. The van der Waals surface area contributed by atoms with Gasteiger partial charge in [-0.05, 0) is 17.7 Å². The second-order valence-corrected chi connectivity index (χ2v) is 3.76. The van der Waals surface area contributed by atoms with Crippen molar-refractivity contribution >= 4 is 23.5 Å². The number of carboxylic acid groups (broad SMARTS) is 1. The predicted molar refractivity (Wildman–Crippen MR) is 70.7 cm³/mol. The van der Waals surface area contributed by atoms with Gasteiger partial charge in [-0.3, -0.25) is 0 Å². The highest BCUT2D eigenvalue weighted by atomic mass is 32.1. The lowest BCUT2D eigenvalue weighted by Gasteiger charge is -2.13. The van der Waals surface area contributed by atoms with Crippen molar-refractivity contribution in [3.05, 3.63) is 23.8 Å². The minimum Gasteiger partial charge on any atom is -0.493 e. The number of benzene rings is 1. The molecule has 0 heterocycles. The molecule has 0 unspecified atom stereocenters. The summed E-state index contributed by atoms with van der Waals surface area (Å²) in [4.78, 5) is 10.9. The minimum atomic E-state index is -1.08. The molecule has 18 heavy (non-hydrogen) atoms. The normalized spacial score (nSPS) is 11.0. The minimum absolute atomic E-state index is 0.293. The number of thiol groups is 1. The largest absolute Gasteiger partial charge is 0.493 e. The lowest BCUT2D eigenvalue weighted by Crippen LogP contribution is -1.97. The van der Waals surface area contributed by atoms with E-state index in [1.54, 1.807) is 12.1 Å². The summed E-state index contributed by atoms with van der Waals surface area (Å²) in [5.74, 6) is 0.253. The smallest absolute Gasteiger partial charge is 0.329 e. The predicted octanol–water partition coefficient (Wildman–Crippen LogP) is 2.07. The maximum Gasteiger partial charge on any atom is 0.329 e. The fraction of sp³-hybridized carbons (Fsp3) is 0.250. The van der Waals surface area contributed by atoms with Gasteiger partial charge in [0.1, 0.15) is 0 Å². The van der Waals surface area contributed by atoms with Gasteiger partial charge in [-0.15, -0.1) is 12.6 Å². The van der Waals surface area contributed by atoms with Crippen LogP contribution in [0.5, 0.6) is 17.2 Å². The Hall–Kier alpha value is -1.82. The highest BCUT2D eigenvalue weighted by Crippen LogP contribution is 2.40. The van der Waals surface area contributed by atoms with E-state index in [0.717, 1.165) is 6.08 Å². The number of carbonyl (C=O) groups is 1. The fourth-order valence-corrected chi connectivity index (χ4v) is 1.67. The van der Waals surface area contributed by atoms with Crippen LogP contribution in [-0.2, 0) is 4.79 Å². The Balaban J connectivity index is 3.36. The van der Waals surface area contributed by atoms with E-state index in [1.165, 1.54) is 21.3 Å². The van der Waals surface area contributed by atoms with Gasteiger partial charge in [-0.25, -0.2) is 4.79 Å². The Morgan fingerprint density at radius 1 is 1.17 bits per heavy atom. The van der Waals surface area contributed by atoms with E-state index in [-0.39, 0.29) is 0 Å². The molecule has 98 valence electrons. The van der Waals surface area contributed by atoms with Crippen LogP contribution in [0.15, 0.2) is 18.2 Å². The van der Waals surface area contributed by atoms with E-state index in [0.29, 0.717) is 27.7 Å². The second kappa shape index (κ2) is 6.20. The molecule has 0 atom stereocenters. The molecule has 1 rings (SSSR count). The molecule has 5 nitrogen and oxygen atoms in total. The van der Waals surface area contributed by atoms with Gasteiger partial charge in [0.05, 0.1) is 21.3 Å². The molecule has 0 amide bonds. The van der Waals surface area contributed by atoms with E-state index in [2.05, 4.69) is 12.6 Å². The molecule has 0 aliphatic heterocycles. The first-order valence-corrected chi connectivity index (χ1v) is 5.42. The van der Waals surface area contributed by atoms with Crippen molar-refractivity contribution in [1.29, 1.82) is 0 Å². The van der Waals surface area contributed by atoms with E-state index < -0.39 is 5.97 Å². The van der Waals surface area contributed by atoms with Crippen LogP contribution in [0.3, 0.4) is 0 Å². The van der Waals surface area contributed by atoms with E-state index in [9.17, 15) is 4.79 Å². The summed E-state index contributed by atoms with van der Waals surface area (Å²) in [5.41, 5.74) is 0.565. The highest BCUT2D eigenvalue weighted by molar-refractivity contribution is 7.90. The van der Waals surface area contributed by atoms with Crippen LogP contribution in [0.2, 0.25) is 0 Å². The van der Waals surface area contributed by atoms with Crippen LogP contribution in [0.25, 0.3) is 4.91 Å². The SMILES string of the molecule is COc1cc(/C(S)=C/C(=O)O)cc(OC)c1OC. The number of ether oxygens (including phenoxy) is 3. The molecule has 0 aliphatic rings. The lowest BCUT2D eigenvalue weighted by molar-refractivity contribution is -0.131. The van der Waals surface area contributed by atoms with Crippen LogP contribution in [0.1, 0.15) is 5.56 Å². The van der Waals surface area contributed by atoms with Crippen LogP contribution in [-0.4, -0.2) is 32.4 Å². The zero-order valence-electron chi connectivity index (χ0n) is 10.3. The van der Waals surface area contributed by atoms with Crippen molar-refractivity contribution in [2.24, 2.45) is 0 Å². The van der Waals surface area contributed by atoms with E-state index in [4.69, 9.17) is 19.3 Å². The maximum atomic E-state index is 10.6. The van der Waals surface area contributed by atoms with Gasteiger partial charge in [-0.1, -0.05) is 0 Å². The Kier molecular flexibility index (Phi) is 4.91. The summed E-state index contributed by atoms with van der Waals surface area (Å²) in [6.45, 7) is 0. The maximum absolute atomic E-state index is 10.6. The molecule has 0 fully saturated rings. The molecule has 0 saturated carbocycles. The van der Waals surface area contributed by atoms with Gasteiger partial charge in [-0.2, -0.15) is 0 Å². The fourth-order valence-electron chi connectivity index (χ4n) is 1.43. The first-order valence-electron chi connectivity index (χ1n) is 4.97. The van der Waals surface area contributed by atoms with Crippen molar-refractivity contribution in [3.8, 4) is 17.2 Å². The van der Waals surface area contributed by atoms with Gasteiger partial charge < -0.3 is 19.3 Å². The molecule has 6 heteroatoms. The summed E-state index contributed by atoms with van der Waals surface area (Å²) >= 11 is 4.12. The lowest BCUT2D eigenvalue weighted by atomic mass is 10.1. The summed E-state index contributed by atoms with van der Waals surface area (Å²) in [5, 5.41) is 8.69. The molecule has 0 radical (unpaired) electrons. The standard InChI is InChI=1S/C12H14O5S/c1-15-8-4-7(10(18)6-11(13)14)5-9(16-2)12(8)17-3/h4-6,18H,1-3H3,(H,13,14)/b10-6-. The van der Waals surface area contributed by atoms with Crippen molar-refractivity contribution in [3.63, 3.8) is 0 Å². The third kappa shape index (κ3) is 3.10. The monoisotopic (exact) mass is 270 g/mol. The first-order chi connectivity index (χ1) is 8.53. The van der Waals surface area contributed by atoms with Crippen LogP contribution in [0, 0.1) is 0 Å². The first kappa shape index (κ1) is 14.2. The summed E-state index contributed by atoms with van der Waals surface area (Å²) in [6.07, 6.45) is 0.990. The number of aliphatic carboxylic acids is 1. The summed E-state index contributed by atoms with van der Waals surface area (Å²) < 4.78 is 15.5. The molecule has 0 aromatic heterocycles. The zero-order valence-corrected chi connectivity index (χ0v) is 11.2. The molecular weight excluding hydrogens is 256 g/mol. The van der Waals surface area contributed by atoms with Crippen molar-refractivity contribution < 1.29 is 24.1 Å². The average molecular weight is 270 g/mol. The van der Waals surface area contributed by atoms with Crippen LogP contribution >= 0.6 is 12.6 Å². The third-order valence-corrected chi connectivity index (χ3v) is 2.61. The molecule has 0 spiro atoms. The molecular formula is C12H14O5S. The molecule has 1 aromatic carbocycles. The number of hydrogen-bond donors (Lipinski definition) is 2. The number of rotatable bonds is 5. The quantitative estimate of drug-likeness (QED) is 0.633. The Labute approximate surface area is 110 Å². The molecule has 0 bridgehead atoms. The zero-order chi connectivity index (χ0) is 13.7. The molecule has 0 saturated heterocycles. The van der Waals surface area contributed by atoms with Crippen molar-refractivity contribution in [2.75, 3.05) is 21.3 Å². The molecule has 1 N–H and O–H groups in total. The molecule has 0 aliphatic carbocycles.